The van der Waals surface area contributed by atoms with E-state index in [1.807, 2.05) is 12.1 Å². The molecule has 0 aromatic heterocycles. The first kappa shape index (κ1) is 15.5. The van der Waals surface area contributed by atoms with Crippen molar-refractivity contribution >= 4 is 21.5 Å². The standard InChI is InChI=1S/C23H20O2/c1-24-22-14-18-9-5-3-7-16(18)11-20(22)13-21-12-17-8-4-6-10-19(17)15-23(21)25-2/h3-12,14-15H,13H2,1-2H3. The number of fused-ring (bicyclic) bond motifs is 2. The molecule has 0 aliphatic rings. The second-order valence-corrected chi connectivity index (χ2v) is 6.20. The van der Waals surface area contributed by atoms with Crippen LogP contribution in [-0.2, 0) is 6.42 Å². The van der Waals surface area contributed by atoms with E-state index >= 15 is 0 Å². The predicted octanol–water partition coefficient (Wildman–Crippen LogP) is 5.60. The molecular formula is C23H20O2. The summed E-state index contributed by atoms with van der Waals surface area (Å²) in [4.78, 5) is 0. The fraction of sp³-hybridized carbons (Fsp3) is 0.130. The number of hydrogen-bond acceptors (Lipinski definition) is 2. The van der Waals surface area contributed by atoms with E-state index in [0.717, 1.165) is 29.0 Å². The van der Waals surface area contributed by atoms with E-state index in [2.05, 4.69) is 60.7 Å². The van der Waals surface area contributed by atoms with Gasteiger partial charge in [0.2, 0.25) is 0 Å². The van der Waals surface area contributed by atoms with Crippen molar-refractivity contribution in [1.29, 1.82) is 0 Å². The zero-order chi connectivity index (χ0) is 17.2. The maximum atomic E-state index is 5.65. The number of ether oxygens (including phenoxy) is 2. The maximum absolute atomic E-state index is 5.65. The van der Waals surface area contributed by atoms with E-state index in [-0.39, 0.29) is 0 Å². The summed E-state index contributed by atoms with van der Waals surface area (Å²) in [7, 11) is 3.45. The van der Waals surface area contributed by atoms with Gasteiger partial charge in [0, 0.05) is 6.42 Å². The smallest absolute Gasteiger partial charge is 0.123 e. The molecule has 0 aliphatic carbocycles. The van der Waals surface area contributed by atoms with Gasteiger partial charge >= 0.3 is 0 Å². The Kier molecular flexibility index (Phi) is 4.02. The SMILES string of the molecule is COc1cc2ccccc2cc1Cc1cc2ccccc2cc1OC. The number of hydrogen-bond donors (Lipinski definition) is 0. The first-order chi connectivity index (χ1) is 12.3. The molecule has 0 bridgehead atoms. The largest absolute Gasteiger partial charge is 0.496 e. The Bertz CT molecular complexity index is 965. The first-order valence-corrected chi connectivity index (χ1v) is 8.40. The lowest BCUT2D eigenvalue weighted by atomic mass is 9.97. The molecule has 25 heavy (non-hydrogen) atoms. The Hall–Kier alpha value is -3.00. The van der Waals surface area contributed by atoms with Crippen LogP contribution in [0, 0.1) is 0 Å². The Morgan fingerprint density at radius 3 is 1.28 bits per heavy atom. The zero-order valence-electron chi connectivity index (χ0n) is 14.5. The van der Waals surface area contributed by atoms with Gasteiger partial charge in [-0.1, -0.05) is 48.5 Å². The third kappa shape index (κ3) is 2.91. The minimum Gasteiger partial charge on any atom is -0.496 e. The van der Waals surface area contributed by atoms with E-state index in [0.29, 0.717) is 0 Å². The fourth-order valence-corrected chi connectivity index (χ4v) is 3.39. The molecule has 0 aliphatic heterocycles. The van der Waals surface area contributed by atoms with Gasteiger partial charge in [0.15, 0.2) is 0 Å². The van der Waals surface area contributed by atoms with Gasteiger partial charge < -0.3 is 9.47 Å². The number of rotatable bonds is 4. The van der Waals surface area contributed by atoms with Crippen LogP contribution in [-0.4, -0.2) is 14.2 Å². The summed E-state index contributed by atoms with van der Waals surface area (Å²) in [6.45, 7) is 0. The molecule has 0 unspecified atom stereocenters. The molecule has 0 spiro atoms. The average Bonchev–Trinajstić information content (AvgIpc) is 2.66. The summed E-state index contributed by atoms with van der Waals surface area (Å²) < 4.78 is 11.3. The highest BCUT2D eigenvalue weighted by atomic mass is 16.5. The fourth-order valence-electron chi connectivity index (χ4n) is 3.39. The lowest BCUT2D eigenvalue weighted by Crippen LogP contribution is -1.97. The summed E-state index contributed by atoms with van der Waals surface area (Å²) >= 11 is 0. The molecule has 0 saturated heterocycles. The van der Waals surface area contributed by atoms with Gasteiger partial charge in [-0.2, -0.15) is 0 Å². The average molecular weight is 328 g/mol. The molecule has 4 aromatic rings. The van der Waals surface area contributed by atoms with Crippen molar-refractivity contribution in [3.05, 3.63) is 83.9 Å². The van der Waals surface area contributed by atoms with Gasteiger partial charge in [-0.15, -0.1) is 0 Å². The molecular weight excluding hydrogens is 308 g/mol. The Labute approximate surface area is 147 Å². The van der Waals surface area contributed by atoms with Crippen LogP contribution in [0.5, 0.6) is 11.5 Å². The van der Waals surface area contributed by atoms with Crippen molar-refractivity contribution < 1.29 is 9.47 Å². The third-order valence-electron chi connectivity index (χ3n) is 4.68. The van der Waals surface area contributed by atoms with Crippen LogP contribution in [0.4, 0.5) is 0 Å². The van der Waals surface area contributed by atoms with Gasteiger partial charge in [-0.05, 0) is 56.9 Å². The Morgan fingerprint density at radius 2 is 0.920 bits per heavy atom. The normalized spacial score (nSPS) is 11.0. The number of benzene rings is 4. The van der Waals surface area contributed by atoms with Gasteiger partial charge in [0.25, 0.3) is 0 Å². The molecule has 4 rings (SSSR count). The maximum Gasteiger partial charge on any atom is 0.123 e. The van der Waals surface area contributed by atoms with Gasteiger partial charge in [-0.3, -0.25) is 0 Å². The van der Waals surface area contributed by atoms with Crippen LogP contribution in [0.25, 0.3) is 21.5 Å². The highest BCUT2D eigenvalue weighted by Crippen LogP contribution is 2.32. The molecule has 2 heteroatoms. The lowest BCUT2D eigenvalue weighted by Gasteiger charge is -2.14. The van der Waals surface area contributed by atoms with Crippen molar-refractivity contribution in [2.24, 2.45) is 0 Å². The van der Waals surface area contributed by atoms with Crippen LogP contribution < -0.4 is 9.47 Å². The van der Waals surface area contributed by atoms with Crippen LogP contribution >= 0.6 is 0 Å². The molecule has 0 N–H and O–H groups in total. The molecule has 4 aromatic carbocycles. The molecule has 2 nitrogen and oxygen atoms in total. The van der Waals surface area contributed by atoms with E-state index in [1.54, 1.807) is 14.2 Å². The predicted molar refractivity (Wildman–Crippen MR) is 104 cm³/mol. The third-order valence-corrected chi connectivity index (χ3v) is 4.68. The van der Waals surface area contributed by atoms with Crippen molar-refractivity contribution in [3.63, 3.8) is 0 Å². The van der Waals surface area contributed by atoms with Crippen LogP contribution in [0.2, 0.25) is 0 Å². The van der Waals surface area contributed by atoms with E-state index in [4.69, 9.17) is 9.47 Å². The minimum absolute atomic E-state index is 0.766. The highest BCUT2D eigenvalue weighted by Gasteiger charge is 2.11. The molecule has 0 fully saturated rings. The van der Waals surface area contributed by atoms with Crippen molar-refractivity contribution in [2.75, 3.05) is 14.2 Å². The zero-order valence-corrected chi connectivity index (χ0v) is 14.5. The van der Waals surface area contributed by atoms with Gasteiger partial charge in [-0.25, -0.2) is 0 Å². The van der Waals surface area contributed by atoms with E-state index in [9.17, 15) is 0 Å². The molecule has 0 saturated carbocycles. The quantitative estimate of drug-likeness (QED) is 0.485. The Balaban J connectivity index is 1.84. The highest BCUT2D eigenvalue weighted by molar-refractivity contribution is 5.86. The summed E-state index contributed by atoms with van der Waals surface area (Å²) in [6.07, 6.45) is 0.766. The Morgan fingerprint density at radius 1 is 0.560 bits per heavy atom. The first-order valence-electron chi connectivity index (χ1n) is 8.40. The van der Waals surface area contributed by atoms with E-state index in [1.165, 1.54) is 21.5 Å². The van der Waals surface area contributed by atoms with E-state index < -0.39 is 0 Å². The molecule has 0 radical (unpaired) electrons. The second-order valence-electron chi connectivity index (χ2n) is 6.20. The van der Waals surface area contributed by atoms with Crippen LogP contribution in [0.15, 0.2) is 72.8 Å². The van der Waals surface area contributed by atoms with Crippen molar-refractivity contribution in [3.8, 4) is 11.5 Å². The molecule has 124 valence electrons. The minimum atomic E-state index is 0.766. The topological polar surface area (TPSA) is 18.5 Å². The summed E-state index contributed by atoms with van der Waals surface area (Å²) in [6, 6.07) is 25.4. The summed E-state index contributed by atoms with van der Waals surface area (Å²) in [5.74, 6) is 1.82. The molecule has 0 amide bonds. The van der Waals surface area contributed by atoms with Crippen LogP contribution in [0.3, 0.4) is 0 Å². The van der Waals surface area contributed by atoms with Gasteiger partial charge in [0.05, 0.1) is 14.2 Å². The second kappa shape index (κ2) is 6.48. The van der Waals surface area contributed by atoms with Crippen LogP contribution in [0.1, 0.15) is 11.1 Å². The van der Waals surface area contributed by atoms with Gasteiger partial charge in [0.1, 0.15) is 11.5 Å². The molecule has 0 atom stereocenters. The summed E-state index contributed by atoms with van der Waals surface area (Å²) in [5.41, 5.74) is 2.32. The lowest BCUT2D eigenvalue weighted by molar-refractivity contribution is 0.406. The molecule has 0 heterocycles. The number of methoxy groups -OCH3 is 2. The van der Waals surface area contributed by atoms with Crippen molar-refractivity contribution in [1.82, 2.24) is 0 Å². The van der Waals surface area contributed by atoms with Crippen molar-refractivity contribution in [2.45, 2.75) is 6.42 Å². The summed E-state index contributed by atoms with van der Waals surface area (Å²) in [5, 5.41) is 4.82. The monoisotopic (exact) mass is 328 g/mol.